The molecule has 2 aliphatic rings. The molecule has 1 saturated carbocycles. The Balaban J connectivity index is 1.76. The maximum Gasteiger partial charge on any atom is 0.120 e. The fourth-order valence-corrected chi connectivity index (χ4v) is 3.40. The second-order valence-corrected chi connectivity index (χ2v) is 6.10. The SMILES string of the molecule is Cc1ccc(O)c2c1C(C)CC2NCCC1CC1. The standard InChI is InChI=1S/C16H23NO/c1-10-3-6-14(18)16-13(9-11(2)15(10)16)17-8-7-12-4-5-12/h3,6,11-13,17-18H,4-5,7-9H2,1-2H3. The smallest absolute Gasteiger partial charge is 0.120 e. The van der Waals surface area contributed by atoms with Crippen molar-refractivity contribution in [2.75, 3.05) is 6.54 Å². The van der Waals surface area contributed by atoms with Gasteiger partial charge in [-0.2, -0.15) is 0 Å². The molecule has 3 rings (SSSR count). The monoisotopic (exact) mass is 245 g/mol. The number of phenolic OH excluding ortho intramolecular Hbond substituents is 1. The number of hydrogen-bond donors (Lipinski definition) is 2. The van der Waals surface area contributed by atoms with Crippen LogP contribution in [0.5, 0.6) is 5.75 Å². The zero-order valence-electron chi connectivity index (χ0n) is 11.4. The van der Waals surface area contributed by atoms with Crippen molar-refractivity contribution in [1.29, 1.82) is 0 Å². The van der Waals surface area contributed by atoms with Crippen LogP contribution in [0, 0.1) is 12.8 Å². The molecule has 0 heterocycles. The van der Waals surface area contributed by atoms with E-state index in [0.717, 1.165) is 18.9 Å². The predicted octanol–water partition coefficient (Wildman–Crippen LogP) is 3.64. The van der Waals surface area contributed by atoms with Gasteiger partial charge in [-0.05, 0) is 55.3 Å². The quantitative estimate of drug-likeness (QED) is 0.849. The first-order valence-electron chi connectivity index (χ1n) is 7.22. The van der Waals surface area contributed by atoms with Gasteiger partial charge in [0.15, 0.2) is 0 Å². The Labute approximate surface area is 109 Å². The van der Waals surface area contributed by atoms with Crippen LogP contribution >= 0.6 is 0 Å². The lowest BCUT2D eigenvalue weighted by Gasteiger charge is -2.15. The van der Waals surface area contributed by atoms with Gasteiger partial charge in [0.1, 0.15) is 5.75 Å². The van der Waals surface area contributed by atoms with Crippen LogP contribution in [-0.2, 0) is 0 Å². The summed E-state index contributed by atoms with van der Waals surface area (Å²) in [6.07, 6.45) is 5.26. The van der Waals surface area contributed by atoms with Crippen LogP contribution in [0.15, 0.2) is 12.1 Å². The number of benzene rings is 1. The van der Waals surface area contributed by atoms with Crippen molar-refractivity contribution in [3.05, 3.63) is 28.8 Å². The summed E-state index contributed by atoms with van der Waals surface area (Å²) >= 11 is 0. The molecular weight excluding hydrogens is 222 g/mol. The van der Waals surface area contributed by atoms with Crippen molar-refractivity contribution in [3.63, 3.8) is 0 Å². The Morgan fingerprint density at radius 3 is 2.78 bits per heavy atom. The second-order valence-electron chi connectivity index (χ2n) is 6.10. The molecule has 2 nitrogen and oxygen atoms in total. The van der Waals surface area contributed by atoms with Gasteiger partial charge in [-0.1, -0.05) is 25.8 Å². The van der Waals surface area contributed by atoms with Gasteiger partial charge in [0.25, 0.3) is 0 Å². The molecule has 18 heavy (non-hydrogen) atoms. The van der Waals surface area contributed by atoms with Crippen molar-refractivity contribution >= 4 is 0 Å². The van der Waals surface area contributed by atoms with E-state index in [0.29, 0.717) is 17.7 Å². The third-order valence-corrected chi connectivity index (χ3v) is 4.55. The van der Waals surface area contributed by atoms with Crippen molar-refractivity contribution in [2.24, 2.45) is 5.92 Å². The van der Waals surface area contributed by atoms with Crippen molar-refractivity contribution in [2.45, 2.75) is 51.5 Å². The van der Waals surface area contributed by atoms with E-state index < -0.39 is 0 Å². The number of nitrogens with one attached hydrogen (secondary N) is 1. The van der Waals surface area contributed by atoms with Crippen molar-refractivity contribution in [1.82, 2.24) is 5.32 Å². The average molecular weight is 245 g/mol. The topological polar surface area (TPSA) is 32.3 Å². The summed E-state index contributed by atoms with van der Waals surface area (Å²) < 4.78 is 0. The molecule has 0 bridgehead atoms. The van der Waals surface area contributed by atoms with Gasteiger partial charge in [0.2, 0.25) is 0 Å². The minimum Gasteiger partial charge on any atom is -0.508 e. The molecule has 2 unspecified atom stereocenters. The molecule has 0 saturated heterocycles. The van der Waals surface area contributed by atoms with E-state index in [-0.39, 0.29) is 0 Å². The van der Waals surface area contributed by atoms with E-state index >= 15 is 0 Å². The highest BCUT2D eigenvalue weighted by Gasteiger charge is 2.32. The summed E-state index contributed by atoms with van der Waals surface area (Å²) in [5.74, 6) is 2.01. The van der Waals surface area contributed by atoms with Gasteiger partial charge in [-0.25, -0.2) is 0 Å². The van der Waals surface area contributed by atoms with Crippen LogP contribution in [0.1, 0.15) is 61.3 Å². The molecule has 0 amide bonds. The third kappa shape index (κ3) is 2.14. The number of aryl methyl sites for hydroxylation is 1. The first-order chi connectivity index (χ1) is 8.66. The first kappa shape index (κ1) is 12.0. The molecule has 0 aromatic heterocycles. The van der Waals surface area contributed by atoms with Gasteiger partial charge < -0.3 is 10.4 Å². The van der Waals surface area contributed by atoms with Gasteiger partial charge in [0, 0.05) is 11.6 Å². The Bertz CT molecular complexity index is 451. The Kier molecular flexibility index (Phi) is 3.06. The summed E-state index contributed by atoms with van der Waals surface area (Å²) in [4.78, 5) is 0. The molecule has 1 fully saturated rings. The molecule has 1 aromatic rings. The van der Waals surface area contributed by atoms with Crippen molar-refractivity contribution in [3.8, 4) is 5.75 Å². The minimum absolute atomic E-state index is 0.355. The maximum absolute atomic E-state index is 10.1. The van der Waals surface area contributed by atoms with E-state index in [1.165, 1.54) is 36.0 Å². The van der Waals surface area contributed by atoms with Crippen molar-refractivity contribution < 1.29 is 5.11 Å². The average Bonchev–Trinajstić information content (AvgIpc) is 3.08. The lowest BCUT2D eigenvalue weighted by atomic mass is 9.97. The zero-order valence-corrected chi connectivity index (χ0v) is 11.4. The highest BCUT2D eigenvalue weighted by molar-refractivity contribution is 5.50. The summed E-state index contributed by atoms with van der Waals surface area (Å²) in [5.41, 5.74) is 3.86. The summed E-state index contributed by atoms with van der Waals surface area (Å²) in [5, 5.41) is 13.8. The number of aromatic hydroxyl groups is 1. The maximum atomic E-state index is 10.1. The number of phenols is 1. The van der Waals surface area contributed by atoms with Gasteiger partial charge >= 0.3 is 0 Å². The van der Waals surface area contributed by atoms with Crippen LogP contribution < -0.4 is 5.32 Å². The predicted molar refractivity (Wildman–Crippen MR) is 74.0 cm³/mol. The van der Waals surface area contributed by atoms with E-state index in [1.54, 1.807) is 0 Å². The summed E-state index contributed by atoms with van der Waals surface area (Å²) in [6.45, 7) is 5.52. The highest BCUT2D eigenvalue weighted by Crippen LogP contribution is 2.46. The van der Waals surface area contributed by atoms with Crippen LogP contribution in [0.3, 0.4) is 0 Å². The molecular formula is C16H23NO. The van der Waals surface area contributed by atoms with Gasteiger partial charge in [-0.15, -0.1) is 0 Å². The van der Waals surface area contributed by atoms with Crippen LogP contribution in [0.25, 0.3) is 0 Å². The molecule has 0 spiro atoms. The van der Waals surface area contributed by atoms with E-state index in [1.807, 2.05) is 12.1 Å². The fourth-order valence-electron chi connectivity index (χ4n) is 3.40. The Morgan fingerprint density at radius 2 is 2.06 bits per heavy atom. The summed E-state index contributed by atoms with van der Waals surface area (Å²) in [6, 6.07) is 4.24. The molecule has 0 aliphatic heterocycles. The molecule has 2 N–H and O–H groups in total. The van der Waals surface area contributed by atoms with E-state index in [4.69, 9.17) is 0 Å². The first-order valence-corrected chi connectivity index (χ1v) is 7.22. The van der Waals surface area contributed by atoms with Gasteiger partial charge in [-0.3, -0.25) is 0 Å². The van der Waals surface area contributed by atoms with Crippen LogP contribution in [0.2, 0.25) is 0 Å². The van der Waals surface area contributed by atoms with E-state index in [9.17, 15) is 5.11 Å². The Hall–Kier alpha value is -1.02. The number of fused-ring (bicyclic) bond motifs is 1. The molecule has 2 heteroatoms. The highest BCUT2D eigenvalue weighted by atomic mass is 16.3. The molecule has 0 radical (unpaired) electrons. The molecule has 98 valence electrons. The van der Waals surface area contributed by atoms with E-state index in [2.05, 4.69) is 19.2 Å². The lowest BCUT2D eigenvalue weighted by molar-refractivity contribution is 0.441. The van der Waals surface area contributed by atoms with Crippen LogP contribution in [0.4, 0.5) is 0 Å². The molecule has 2 aliphatic carbocycles. The normalized spacial score (nSPS) is 26.3. The third-order valence-electron chi connectivity index (χ3n) is 4.55. The van der Waals surface area contributed by atoms with Gasteiger partial charge in [0.05, 0.1) is 0 Å². The zero-order chi connectivity index (χ0) is 12.7. The number of hydrogen-bond acceptors (Lipinski definition) is 2. The molecule has 2 atom stereocenters. The van der Waals surface area contributed by atoms with Crippen LogP contribution in [-0.4, -0.2) is 11.7 Å². The Morgan fingerprint density at radius 1 is 1.28 bits per heavy atom. The largest absolute Gasteiger partial charge is 0.508 e. The second kappa shape index (κ2) is 4.58. The fraction of sp³-hybridized carbons (Fsp3) is 0.625. The lowest BCUT2D eigenvalue weighted by Crippen LogP contribution is -2.21. The minimum atomic E-state index is 0.355. The summed E-state index contributed by atoms with van der Waals surface area (Å²) in [7, 11) is 0. The number of rotatable bonds is 4. The molecule has 1 aromatic carbocycles.